The zero-order chi connectivity index (χ0) is 15.7. The third-order valence-corrected chi connectivity index (χ3v) is 5.87. The van der Waals surface area contributed by atoms with Gasteiger partial charge in [-0.15, -0.1) is 0 Å². The maximum atomic E-state index is 12.8. The van der Waals surface area contributed by atoms with Gasteiger partial charge in [0.25, 0.3) is 0 Å². The van der Waals surface area contributed by atoms with Gasteiger partial charge in [-0.3, -0.25) is 0 Å². The van der Waals surface area contributed by atoms with Crippen LogP contribution in [0, 0.1) is 0 Å². The van der Waals surface area contributed by atoms with Crippen LogP contribution in [0.3, 0.4) is 0 Å². The molecule has 2 rings (SSSR count). The van der Waals surface area contributed by atoms with E-state index in [9.17, 15) is 8.42 Å². The number of benzene rings is 1. The highest BCUT2D eigenvalue weighted by atomic mass is 79.9. The van der Waals surface area contributed by atoms with Gasteiger partial charge in [-0.2, -0.15) is 4.31 Å². The second-order valence-electron chi connectivity index (χ2n) is 5.63. The molecule has 118 valence electrons. The van der Waals surface area contributed by atoms with E-state index >= 15 is 0 Å². The summed E-state index contributed by atoms with van der Waals surface area (Å²) in [6.45, 7) is 4.49. The van der Waals surface area contributed by atoms with E-state index in [0.717, 1.165) is 0 Å². The highest BCUT2D eigenvalue weighted by Gasteiger charge is 2.39. The first kappa shape index (κ1) is 16.7. The van der Waals surface area contributed by atoms with Crippen molar-refractivity contribution in [3.05, 3.63) is 24.3 Å². The van der Waals surface area contributed by atoms with Crippen LogP contribution in [0.25, 0.3) is 0 Å². The number of nitrogens with zero attached hydrogens (tertiary/aromatic N) is 1. The molecule has 0 aromatic heterocycles. The van der Waals surface area contributed by atoms with Crippen molar-refractivity contribution >= 4 is 26.0 Å². The van der Waals surface area contributed by atoms with Crippen molar-refractivity contribution in [1.82, 2.24) is 4.31 Å². The van der Waals surface area contributed by atoms with Crippen molar-refractivity contribution in [2.75, 3.05) is 25.5 Å². The minimum absolute atomic E-state index is 0.151. The molecule has 1 fully saturated rings. The molecule has 1 saturated heterocycles. The predicted molar refractivity (Wildman–Crippen MR) is 84.5 cm³/mol. The van der Waals surface area contributed by atoms with Crippen LogP contribution in [0.15, 0.2) is 29.2 Å². The van der Waals surface area contributed by atoms with Gasteiger partial charge in [0.15, 0.2) is 0 Å². The van der Waals surface area contributed by atoms with E-state index < -0.39 is 15.6 Å². The molecule has 7 heteroatoms. The van der Waals surface area contributed by atoms with E-state index in [4.69, 9.17) is 9.47 Å². The largest absolute Gasteiger partial charge is 0.497 e. The molecule has 0 N–H and O–H groups in total. The fraction of sp³-hybridized carbons (Fsp3) is 0.571. The van der Waals surface area contributed by atoms with Crippen LogP contribution in [-0.2, 0) is 14.8 Å². The Labute approximate surface area is 134 Å². The first-order valence-corrected chi connectivity index (χ1v) is 9.22. The van der Waals surface area contributed by atoms with Gasteiger partial charge in [0.2, 0.25) is 10.0 Å². The standard InChI is InChI=1S/C14H20BrNO4S/c1-14(2)10-16(9-12(8-15)20-14)21(17,18)13-6-4-11(19-3)5-7-13/h4-7,12H,8-10H2,1-3H3. The van der Waals surface area contributed by atoms with Crippen molar-refractivity contribution < 1.29 is 17.9 Å². The lowest BCUT2D eigenvalue weighted by molar-refractivity contribution is -0.106. The molecule has 0 radical (unpaired) electrons. The summed E-state index contributed by atoms with van der Waals surface area (Å²) in [7, 11) is -1.97. The zero-order valence-corrected chi connectivity index (χ0v) is 14.8. The number of hydrogen-bond donors (Lipinski definition) is 0. The summed E-state index contributed by atoms with van der Waals surface area (Å²) in [5, 5.41) is 0.602. The molecule has 5 nitrogen and oxygen atoms in total. The van der Waals surface area contributed by atoms with Crippen LogP contribution in [0.4, 0.5) is 0 Å². The molecule has 0 saturated carbocycles. The van der Waals surface area contributed by atoms with Gasteiger partial charge >= 0.3 is 0 Å². The van der Waals surface area contributed by atoms with Crippen molar-refractivity contribution in [3.63, 3.8) is 0 Å². The number of methoxy groups -OCH3 is 1. The molecular formula is C14H20BrNO4S. The number of ether oxygens (including phenoxy) is 2. The van der Waals surface area contributed by atoms with Gasteiger partial charge in [0, 0.05) is 18.4 Å². The van der Waals surface area contributed by atoms with E-state index in [0.29, 0.717) is 24.2 Å². The molecule has 1 aliphatic heterocycles. The predicted octanol–water partition coefficient (Wildman–Crippen LogP) is 2.26. The highest BCUT2D eigenvalue weighted by molar-refractivity contribution is 9.09. The molecule has 0 amide bonds. The minimum Gasteiger partial charge on any atom is -0.497 e. The topological polar surface area (TPSA) is 55.8 Å². The molecule has 1 atom stereocenters. The van der Waals surface area contributed by atoms with Crippen LogP contribution < -0.4 is 4.74 Å². The van der Waals surface area contributed by atoms with Gasteiger partial charge in [-0.05, 0) is 38.1 Å². The average Bonchev–Trinajstić information content (AvgIpc) is 2.45. The van der Waals surface area contributed by atoms with Crippen molar-refractivity contribution in [1.29, 1.82) is 0 Å². The van der Waals surface area contributed by atoms with Crippen molar-refractivity contribution in [2.24, 2.45) is 0 Å². The maximum Gasteiger partial charge on any atom is 0.243 e. The van der Waals surface area contributed by atoms with Crippen LogP contribution in [0.5, 0.6) is 5.75 Å². The molecule has 1 unspecified atom stereocenters. The smallest absolute Gasteiger partial charge is 0.243 e. The van der Waals surface area contributed by atoms with E-state index in [-0.39, 0.29) is 11.0 Å². The minimum atomic E-state index is -3.52. The first-order chi connectivity index (χ1) is 9.78. The lowest BCUT2D eigenvalue weighted by Crippen LogP contribution is -2.54. The number of hydrogen-bond acceptors (Lipinski definition) is 4. The molecule has 1 aromatic rings. The Balaban J connectivity index is 2.29. The van der Waals surface area contributed by atoms with Gasteiger partial charge in [-0.1, -0.05) is 15.9 Å². The fourth-order valence-electron chi connectivity index (χ4n) is 2.40. The zero-order valence-electron chi connectivity index (χ0n) is 12.4. The van der Waals surface area contributed by atoms with E-state index in [1.54, 1.807) is 31.4 Å². The summed E-state index contributed by atoms with van der Waals surface area (Å²) in [6.07, 6.45) is -0.151. The number of alkyl halides is 1. The van der Waals surface area contributed by atoms with Gasteiger partial charge < -0.3 is 9.47 Å². The van der Waals surface area contributed by atoms with Crippen LogP contribution in [0.2, 0.25) is 0 Å². The van der Waals surface area contributed by atoms with E-state index in [1.165, 1.54) is 4.31 Å². The number of morpholine rings is 1. The summed E-state index contributed by atoms with van der Waals surface area (Å²) >= 11 is 3.37. The summed E-state index contributed by atoms with van der Waals surface area (Å²) in [6, 6.07) is 6.44. The van der Waals surface area contributed by atoms with Crippen molar-refractivity contribution in [2.45, 2.75) is 30.4 Å². The first-order valence-electron chi connectivity index (χ1n) is 6.66. The molecule has 21 heavy (non-hydrogen) atoms. The highest BCUT2D eigenvalue weighted by Crippen LogP contribution is 2.27. The molecule has 1 heterocycles. The van der Waals surface area contributed by atoms with E-state index in [2.05, 4.69) is 15.9 Å². The molecule has 1 aliphatic rings. The monoisotopic (exact) mass is 377 g/mol. The van der Waals surface area contributed by atoms with Crippen molar-refractivity contribution in [3.8, 4) is 5.75 Å². The normalized spacial score (nSPS) is 23.0. The second kappa shape index (κ2) is 6.24. The maximum absolute atomic E-state index is 12.8. The summed E-state index contributed by atoms with van der Waals surface area (Å²) in [4.78, 5) is 0.273. The Bertz CT molecular complexity index is 585. The lowest BCUT2D eigenvalue weighted by Gasteiger charge is -2.41. The molecule has 1 aromatic carbocycles. The summed E-state index contributed by atoms with van der Waals surface area (Å²) < 4.78 is 37.9. The lowest BCUT2D eigenvalue weighted by atomic mass is 10.1. The third kappa shape index (κ3) is 3.77. The van der Waals surface area contributed by atoms with Crippen LogP contribution in [-0.4, -0.2) is 50.0 Å². The molecule has 0 bridgehead atoms. The van der Waals surface area contributed by atoms with Gasteiger partial charge in [0.1, 0.15) is 5.75 Å². The van der Waals surface area contributed by atoms with Gasteiger partial charge in [-0.25, -0.2) is 8.42 Å². The average molecular weight is 378 g/mol. The van der Waals surface area contributed by atoms with Crippen LogP contribution >= 0.6 is 15.9 Å². The number of rotatable bonds is 4. The number of halogens is 1. The molecular weight excluding hydrogens is 358 g/mol. The SMILES string of the molecule is COc1ccc(S(=O)(=O)N2CC(CBr)OC(C)(C)C2)cc1. The van der Waals surface area contributed by atoms with Crippen LogP contribution in [0.1, 0.15) is 13.8 Å². The summed E-state index contributed by atoms with van der Waals surface area (Å²) in [5.74, 6) is 0.634. The Kier molecular flexibility index (Phi) is 4.97. The van der Waals surface area contributed by atoms with Gasteiger partial charge in [0.05, 0.1) is 23.7 Å². The third-order valence-electron chi connectivity index (χ3n) is 3.32. The molecule has 0 spiro atoms. The molecule has 0 aliphatic carbocycles. The Morgan fingerprint density at radius 1 is 1.38 bits per heavy atom. The number of sulfonamides is 1. The summed E-state index contributed by atoms with van der Waals surface area (Å²) in [5.41, 5.74) is -0.504. The quantitative estimate of drug-likeness (QED) is 0.755. The Hall–Kier alpha value is -0.630. The fourth-order valence-corrected chi connectivity index (χ4v) is 4.36. The van der Waals surface area contributed by atoms with E-state index in [1.807, 2.05) is 13.8 Å². The Morgan fingerprint density at radius 3 is 2.52 bits per heavy atom. The Morgan fingerprint density at radius 2 is 2.00 bits per heavy atom. The second-order valence-corrected chi connectivity index (χ2v) is 8.21.